The molecule has 0 aliphatic heterocycles. The van der Waals surface area contributed by atoms with Gasteiger partial charge in [0.25, 0.3) is 0 Å². The second kappa shape index (κ2) is 4.46. The van der Waals surface area contributed by atoms with Crippen LogP contribution in [0, 0.1) is 0 Å². The number of nitrogens with two attached hydrogens (primary N) is 1. The van der Waals surface area contributed by atoms with Gasteiger partial charge in [0, 0.05) is 16.3 Å². The van der Waals surface area contributed by atoms with Gasteiger partial charge in [0.05, 0.1) is 0 Å². The van der Waals surface area contributed by atoms with Gasteiger partial charge in [-0.3, -0.25) is 0 Å². The van der Waals surface area contributed by atoms with E-state index in [4.69, 9.17) is 5.73 Å². The van der Waals surface area contributed by atoms with E-state index >= 15 is 0 Å². The topological polar surface area (TPSA) is 26.0 Å². The quantitative estimate of drug-likeness (QED) is 0.655. The predicted octanol–water partition coefficient (Wildman–Crippen LogP) is 3.70. The minimum absolute atomic E-state index is 0.704. The smallest absolute Gasteiger partial charge is 0.0452 e. The van der Waals surface area contributed by atoms with Crippen LogP contribution < -0.4 is 5.73 Å². The fraction of sp³-hybridized carbons (Fsp3) is 0.200. The summed E-state index contributed by atoms with van der Waals surface area (Å²) in [6.07, 6.45) is 1.22. The molecule has 0 saturated heterocycles. The molecule has 2 heteroatoms. The SMILES string of the molecule is Nc1ccccc1SCC1Cc2ccccc21. The molecule has 1 aliphatic carbocycles. The highest BCUT2D eigenvalue weighted by Crippen LogP contribution is 2.39. The van der Waals surface area contributed by atoms with Crippen molar-refractivity contribution in [1.29, 1.82) is 0 Å². The second-order valence-corrected chi connectivity index (χ2v) is 5.51. The average molecular weight is 241 g/mol. The van der Waals surface area contributed by atoms with Crippen molar-refractivity contribution in [3.05, 3.63) is 59.7 Å². The molecule has 1 nitrogen and oxygen atoms in total. The van der Waals surface area contributed by atoms with Crippen molar-refractivity contribution in [1.82, 2.24) is 0 Å². The standard InChI is InChI=1S/C15H15NS/c16-14-7-3-4-8-15(14)17-10-12-9-11-5-1-2-6-13(11)12/h1-8,12H,9-10,16H2. The van der Waals surface area contributed by atoms with Crippen LogP contribution in [-0.2, 0) is 6.42 Å². The lowest BCUT2D eigenvalue weighted by Crippen LogP contribution is -2.18. The molecule has 0 heterocycles. The lowest BCUT2D eigenvalue weighted by Gasteiger charge is -2.29. The molecule has 2 aromatic carbocycles. The Hall–Kier alpha value is -1.41. The molecule has 0 fully saturated rings. The first-order valence-corrected chi connectivity index (χ1v) is 6.88. The molecule has 0 bridgehead atoms. The maximum atomic E-state index is 5.94. The van der Waals surface area contributed by atoms with Gasteiger partial charge in [0.2, 0.25) is 0 Å². The number of anilines is 1. The molecule has 0 amide bonds. The molecule has 0 aromatic heterocycles. The van der Waals surface area contributed by atoms with Crippen molar-refractivity contribution in [2.75, 3.05) is 11.5 Å². The maximum absolute atomic E-state index is 5.94. The van der Waals surface area contributed by atoms with Crippen molar-refractivity contribution in [2.24, 2.45) is 0 Å². The molecule has 0 radical (unpaired) electrons. The van der Waals surface area contributed by atoms with E-state index < -0.39 is 0 Å². The van der Waals surface area contributed by atoms with Crippen LogP contribution in [0.4, 0.5) is 5.69 Å². The van der Waals surface area contributed by atoms with Crippen molar-refractivity contribution < 1.29 is 0 Å². The summed E-state index contributed by atoms with van der Waals surface area (Å²) in [6.45, 7) is 0. The van der Waals surface area contributed by atoms with E-state index in [0.717, 1.165) is 11.4 Å². The zero-order valence-corrected chi connectivity index (χ0v) is 10.4. The Morgan fingerprint density at radius 3 is 2.65 bits per heavy atom. The van der Waals surface area contributed by atoms with Crippen LogP contribution >= 0.6 is 11.8 Å². The zero-order valence-electron chi connectivity index (χ0n) is 9.60. The number of fused-ring (bicyclic) bond motifs is 1. The average Bonchev–Trinajstić information content (AvgIpc) is 2.32. The first-order chi connectivity index (χ1) is 8.34. The summed E-state index contributed by atoms with van der Waals surface area (Å²) in [5.41, 5.74) is 9.87. The van der Waals surface area contributed by atoms with E-state index in [9.17, 15) is 0 Å². The van der Waals surface area contributed by atoms with Gasteiger partial charge in [0.15, 0.2) is 0 Å². The Morgan fingerprint density at radius 1 is 1.06 bits per heavy atom. The number of hydrogen-bond acceptors (Lipinski definition) is 2. The summed E-state index contributed by atoms with van der Waals surface area (Å²) in [5.74, 6) is 1.83. The fourth-order valence-electron chi connectivity index (χ4n) is 2.31. The van der Waals surface area contributed by atoms with Crippen LogP contribution in [-0.4, -0.2) is 5.75 Å². The van der Waals surface area contributed by atoms with Crippen LogP contribution in [0.25, 0.3) is 0 Å². The van der Waals surface area contributed by atoms with Gasteiger partial charge in [-0.2, -0.15) is 0 Å². The summed E-state index contributed by atoms with van der Waals surface area (Å²) >= 11 is 1.87. The summed E-state index contributed by atoms with van der Waals surface area (Å²) in [5, 5.41) is 0. The van der Waals surface area contributed by atoms with E-state index in [2.05, 4.69) is 30.3 Å². The number of rotatable bonds is 3. The Bertz CT molecular complexity index is 536. The molecule has 2 aromatic rings. The monoisotopic (exact) mass is 241 g/mol. The van der Waals surface area contributed by atoms with Crippen LogP contribution in [0.2, 0.25) is 0 Å². The van der Waals surface area contributed by atoms with Gasteiger partial charge in [-0.1, -0.05) is 36.4 Å². The van der Waals surface area contributed by atoms with Gasteiger partial charge in [0.1, 0.15) is 0 Å². The Morgan fingerprint density at radius 2 is 1.82 bits per heavy atom. The number of nitrogen functional groups attached to an aromatic ring is 1. The van der Waals surface area contributed by atoms with Gasteiger partial charge >= 0.3 is 0 Å². The fourth-order valence-corrected chi connectivity index (χ4v) is 3.40. The summed E-state index contributed by atoms with van der Waals surface area (Å²) in [4.78, 5) is 1.21. The predicted molar refractivity (Wildman–Crippen MR) is 74.5 cm³/mol. The van der Waals surface area contributed by atoms with E-state index in [1.54, 1.807) is 0 Å². The van der Waals surface area contributed by atoms with Crippen molar-refractivity contribution in [3.8, 4) is 0 Å². The van der Waals surface area contributed by atoms with Crippen LogP contribution in [0.3, 0.4) is 0 Å². The number of hydrogen-bond donors (Lipinski definition) is 1. The highest BCUT2D eigenvalue weighted by atomic mass is 32.2. The second-order valence-electron chi connectivity index (χ2n) is 4.45. The minimum atomic E-state index is 0.704. The lowest BCUT2D eigenvalue weighted by atomic mass is 9.79. The normalized spacial score (nSPS) is 17.3. The first kappa shape index (κ1) is 10.7. The molecular weight excluding hydrogens is 226 g/mol. The van der Waals surface area contributed by atoms with E-state index in [1.165, 1.54) is 22.4 Å². The summed E-state index contributed by atoms with van der Waals surface area (Å²) < 4.78 is 0. The van der Waals surface area contributed by atoms with Gasteiger partial charge < -0.3 is 5.73 Å². The van der Waals surface area contributed by atoms with E-state index in [-0.39, 0.29) is 0 Å². The molecule has 0 saturated carbocycles. The largest absolute Gasteiger partial charge is 0.398 e. The highest BCUT2D eigenvalue weighted by molar-refractivity contribution is 7.99. The van der Waals surface area contributed by atoms with Crippen LogP contribution in [0.1, 0.15) is 17.0 Å². The third kappa shape index (κ3) is 2.05. The number of para-hydroxylation sites is 1. The van der Waals surface area contributed by atoms with Gasteiger partial charge in [-0.05, 0) is 35.6 Å². The van der Waals surface area contributed by atoms with Crippen LogP contribution in [0.15, 0.2) is 53.4 Å². The molecule has 3 rings (SSSR count). The van der Waals surface area contributed by atoms with Gasteiger partial charge in [-0.25, -0.2) is 0 Å². The molecule has 2 N–H and O–H groups in total. The molecule has 1 aliphatic rings. The molecule has 17 heavy (non-hydrogen) atoms. The Kier molecular flexibility index (Phi) is 2.81. The van der Waals surface area contributed by atoms with Crippen molar-refractivity contribution in [3.63, 3.8) is 0 Å². The highest BCUT2D eigenvalue weighted by Gasteiger charge is 2.25. The van der Waals surface area contributed by atoms with Gasteiger partial charge in [-0.15, -0.1) is 11.8 Å². The zero-order chi connectivity index (χ0) is 11.7. The number of benzene rings is 2. The van der Waals surface area contributed by atoms with E-state index in [1.807, 2.05) is 30.0 Å². The first-order valence-electron chi connectivity index (χ1n) is 5.89. The van der Waals surface area contributed by atoms with Crippen molar-refractivity contribution in [2.45, 2.75) is 17.2 Å². The molecule has 86 valence electrons. The maximum Gasteiger partial charge on any atom is 0.0452 e. The molecular formula is C15H15NS. The molecule has 1 atom stereocenters. The Labute approximate surface area is 106 Å². The lowest BCUT2D eigenvalue weighted by molar-refractivity contribution is 0.677. The summed E-state index contributed by atoms with van der Waals surface area (Å²) in [7, 11) is 0. The third-order valence-corrected chi connectivity index (χ3v) is 4.57. The number of thioether (sulfide) groups is 1. The molecule has 0 spiro atoms. The Balaban J connectivity index is 1.66. The van der Waals surface area contributed by atoms with Crippen molar-refractivity contribution >= 4 is 17.4 Å². The minimum Gasteiger partial charge on any atom is -0.398 e. The third-order valence-electron chi connectivity index (χ3n) is 3.32. The molecule has 1 unspecified atom stereocenters. The van der Waals surface area contributed by atoms with E-state index in [0.29, 0.717) is 5.92 Å². The summed E-state index contributed by atoms with van der Waals surface area (Å²) in [6, 6.07) is 16.8. The van der Waals surface area contributed by atoms with Crippen LogP contribution in [0.5, 0.6) is 0 Å².